The number of halogens is 1. The van der Waals surface area contributed by atoms with Crippen LogP contribution < -0.4 is 42.1 Å². The van der Waals surface area contributed by atoms with Gasteiger partial charge in [-0.3, -0.25) is 38.4 Å². The molecule has 1 aliphatic heterocycles. The summed E-state index contributed by atoms with van der Waals surface area (Å²) >= 11 is 6.54. The van der Waals surface area contributed by atoms with Gasteiger partial charge in [-0.05, 0) is 54.1 Å². The molecule has 1 atom stereocenters. The van der Waals surface area contributed by atoms with Crippen molar-refractivity contribution in [2.24, 2.45) is 42.3 Å². The Morgan fingerprint density at radius 3 is 1.42 bits per heavy atom. The van der Waals surface area contributed by atoms with E-state index in [1.165, 1.54) is 55.4 Å². The molecule has 8 amide bonds. The number of carbonyl (C=O) groups is 8. The molecule has 81 heavy (non-hydrogen) atoms. The average molecular weight is 1120 g/mol. The fourth-order valence-corrected chi connectivity index (χ4v) is 9.83. The van der Waals surface area contributed by atoms with Gasteiger partial charge in [-0.2, -0.15) is 0 Å². The van der Waals surface area contributed by atoms with Crippen LogP contribution in [0.15, 0.2) is 79.6 Å². The van der Waals surface area contributed by atoms with Crippen molar-refractivity contribution in [3.63, 3.8) is 0 Å². The number of phenolic OH excluding ortho intramolecular Hbond substituents is 1. The Labute approximate surface area is 467 Å². The molecule has 0 fully saturated rings. The van der Waals surface area contributed by atoms with E-state index >= 15 is 0 Å². The Morgan fingerprint density at radius 1 is 0.506 bits per heavy atom. The van der Waals surface area contributed by atoms with Gasteiger partial charge in [0.05, 0.1) is 22.7 Å². The van der Waals surface area contributed by atoms with Crippen molar-refractivity contribution in [2.45, 2.75) is 45.4 Å². The molecule has 0 bridgehead atoms. The van der Waals surface area contributed by atoms with E-state index in [-0.39, 0.29) is 82.2 Å². The molecule has 0 saturated carbocycles. The molecule has 2 aromatic carbocycles. The number of nitrogens with one attached hydrogen (secondary N) is 7. The molecule has 0 saturated heterocycles. The SMILES string of the molecule is CCCC(=O)Nc1cc(C(=O)Nc2cc(C(=O)Nc3cc(C(=O)Nc4ccc5c6c(cc(O)c5c4)N(C(=O)c4nc(NC(=O)c5nc(NC(=O)c7nc(NC(=O)CCC)cn7C)cn5C)cn4C)CC6CCl)n(C)c3)n(C)c2)n(C)c1. The molecule has 420 valence electrons. The number of aryl methyl sites for hydroxylation is 6. The smallest absolute Gasteiger partial charge is 0.294 e. The largest absolute Gasteiger partial charge is 0.507 e. The maximum atomic E-state index is 14.3. The van der Waals surface area contributed by atoms with E-state index in [2.05, 4.69) is 52.2 Å². The van der Waals surface area contributed by atoms with E-state index in [1.807, 2.05) is 13.8 Å². The fraction of sp³-hybridized carbons (Fsp3) is 0.278. The monoisotopic (exact) mass is 1120 g/mol. The molecule has 1 aliphatic rings. The molecule has 0 radical (unpaired) electrons. The maximum absolute atomic E-state index is 14.3. The van der Waals surface area contributed by atoms with Crippen LogP contribution in [-0.4, -0.2) is 107 Å². The summed E-state index contributed by atoms with van der Waals surface area (Å²) in [5.74, 6) is -3.98. The van der Waals surface area contributed by atoms with E-state index in [0.29, 0.717) is 76.2 Å². The Hall–Kier alpha value is -9.98. The van der Waals surface area contributed by atoms with Gasteiger partial charge in [-0.25, -0.2) is 15.0 Å². The van der Waals surface area contributed by atoms with E-state index in [4.69, 9.17) is 11.6 Å². The minimum Gasteiger partial charge on any atom is -0.507 e. The predicted molar refractivity (Wildman–Crippen MR) is 303 cm³/mol. The summed E-state index contributed by atoms with van der Waals surface area (Å²) in [5, 5.41) is 31.7. The van der Waals surface area contributed by atoms with Crippen LogP contribution in [0.4, 0.5) is 45.9 Å². The first kappa shape index (κ1) is 55.8. The lowest BCUT2D eigenvalue weighted by molar-refractivity contribution is -0.117. The average Bonchev–Trinajstić information content (AvgIpc) is 3.87. The Balaban J connectivity index is 0.837. The first-order valence-electron chi connectivity index (χ1n) is 25.6. The number of carbonyl (C=O) groups excluding carboxylic acids is 8. The molecule has 6 aromatic heterocycles. The highest BCUT2D eigenvalue weighted by Crippen LogP contribution is 2.46. The van der Waals surface area contributed by atoms with Crippen molar-refractivity contribution in [3.05, 3.63) is 120 Å². The van der Waals surface area contributed by atoms with Crippen LogP contribution in [-0.2, 0) is 51.9 Å². The number of hydrogen-bond donors (Lipinski definition) is 8. The summed E-state index contributed by atoms with van der Waals surface area (Å²) in [6, 6.07) is 11.0. The number of aromatic nitrogens is 9. The summed E-state index contributed by atoms with van der Waals surface area (Å²) in [4.78, 5) is 120. The number of alkyl halides is 1. The molecule has 1 unspecified atom stereocenters. The van der Waals surface area contributed by atoms with E-state index < -0.39 is 35.4 Å². The normalized spacial score (nSPS) is 12.8. The van der Waals surface area contributed by atoms with Gasteiger partial charge >= 0.3 is 0 Å². The second-order valence-corrected chi connectivity index (χ2v) is 19.9. The Morgan fingerprint density at radius 2 is 0.938 bits per heavy atom. The van der Waals surface area contributed by atoms with E-state index in [0.717, 1.165) is 0 Å². The lowest BCUT2D eigenvalue weighted by atomic mass is 9.95. The van der Waals surface area contributed by atoms with Gasteiger partial charge in [0, 0.05) is 128 Å². The fourth-order valence-electron chi connectivity index (χ4n) is 9.58. The van der Waals surface area contributed by atoms with Gasteiger partial charge in [0.1, 0.15) is 22.8 Å². The predicted octanol–water partition coefficient (Wildman–Crippen LogP) is 6.48. The minimum absolute atomic E-state index is 0.00387. The lowest BCUT2D eigenvalue weighted by Crippen LogP contribution is -2.32. The molecule has 26 nitrogen and oxygen atoms in total. The zero-order chi connectivity index (χ0) is 58.1. The molecule has 8 N–H and O–H groups in total. The number of amides is 8. The van der Waals surface area contributed by atoms with Gasteiger partial charge in [0.15, 0.2) is 17.5 Å². The number of phenols is 1. The Kier molecular flexibility index (Phi) is 15.7. The van der Waals surface area contributed by atoms with Gasteiger partial charge in [-0.1, -0.05) is 19.9 Å². The van der Waals surface area contributed by atoms with Crippen LogP contribution in [0, 0.1) is 0 Å². The number of imidazole rings is 3. The van der Waals surface area contributed by atoms with Crippen molar-refractivity contribution in [2.75, 3.05) is 54.5 Å². The van der Waals surface area contributed by atoms with Crippen LogP contribution in [0.2, 0.25) is 0 Å². The highest BCUT2D eigenvalue weighted by atomic mass is 35.5. The number of rotatable bonds is 18. The quantitative estimate of drug-likeness (QED) is 0.0428. The third-order valence-corrected chi connectivity index (χ3v) is 13.7. The van der Waals surface area contributed by atoms with Gasteiger partial charge < -0.3 is 74.6 Å². The summed E-state index contributed by atoms with van der Waals surface area (Å²) in [6.45, 7) is 3.91. The summed E-state index contributed by atoms with van der Waals surface area (Å²) in [5.41, 5.74) is 3.32. The molecule has 0 aliphatic carbocycles. The van der Waals surface area contributed by atoms with Crippen molar-refractivity contribution >= 4 is 116 Å². The van der Waals surface area contributed by atoms with Gasteiger partial charge in [0.2, 0.25) is 29.3 Å². The molecular weight excluding hydrogens is 1070 g/mol. The zero-order valence-corrected chi connectivity index (χ0v) is 46.1. The third-order valence-electron chi connectivity index (χ3n) is 13.4. The first-order valence-corrected chi connectivity index (χ1v) is 26.1. The van der Waals surface area contributed by atoms with Crippen LogP contribution in [0.25, 0.3) is 10.8 Å². The molecule has 27 heteroatoms. The first-order chi connectivity index (χ1) is 38.6. The summed E-state index contributed by atoms with van der Waals surface area (Å²) < 4.78 is 8.97. The van der Waals surface area contributed by atoms with Gasteiger partial charge in [-0.15, -0.1) is 11.6 Å². The standard InChI is InChI=1S/C54H58ClN17O9/c1-9-11-43(74)56-30-16-36(66(3)22-30)50(77)58-32-18-38(68(5)24-32)51(78)59-31-17-37(67(4)23-31)49(76)57-29-13-14-33-34(15-29)39(73)19-35-45(33)28(20-55)21-72(35)54(81)48-63-42(27-71(48)8)65-53(80)47-62-41(26-70(47)7)64-52(79)46-61-40(25-69(46)6)60-44(75)12-10-2/h13-19,22-28,73H,9-12,20-21H2,1-8H3,(H,56,74)(H,57,76)(H,58,77)(H,59,78)(H,60,75)(H,64,79)(H,65,80). The zero-order valence-electron chi connectivity index (χ0n) is 45.4. The molecule has 0 spiro atoms. The molecular formula is C54H58ClN17O9. The van der Waals surface area contributed by atoms with Crippen LogP contribution in [0.5, 0.6) is 5.75 Å². The van der Waals surface area contributed by atoms with Crippen molar-refractivity contribution < 1.29 is 43.5 Å². The lowest BCUT2D eigenvalue weighted by Gasteiger charge is -2.18. The number of aromatic hydroxyl groups is 1. The molecule has 9 rings (SSSR count). The van der Waals surface area contributed by atoms with E-state index in [1.54, 1.807) is 98.8 Å². The molecule has 8 aromatic rings. The van der Waals surface area contributed by atoms with Crippen LogP contribution in [0.1, 0.15) is 114 Å². The Bertz CT molecular complexity index is 3870. The van der Waals surface area contributed by atoms with Crippen LogP contribution >= 0.6 is 11.6 Å². The van der Waals surface area contributed by atoms with Crippen molar-refractivity contribution in [1.29, 1.82) is 0 Å². The highest BCUT2D eigenvalue weighted by Gasteiger charge is 2.37. The highest BCUT2D eigenvalue weighted by molar-refractivity contribution is 6.19. The second-order valence-electron chi connectivity index (χ2n) is 19.6. The van der Waals surface area contributed by atoms with Crippen LogP contribution in [0.3, 0.4) is 0 Å². The van der Waals surface area contributed by atoms with Crippen molar-refractivity contribution in [3.8, 4) is 5.75 Å². The summed E-state index contributed by atoms with van der Waals surface area (Å²) in [6.07, 6.45) is 11.2. The van der Waals surface area contributed by atoms with E-state index in [9.17, 15) is 43.5 Å². The maximum Gasteiger partial charge on any atom is 0.294 e. The second kappa shape index (κ2) is 22.8. The summed E-state index contributed by atoms with van der Waals surface area (Å²) in [7, 11) is 9.72. The topological polar surface area (TPSA) is 312 Å². The number of hydrogen-bond acceptors (Lipinski definition) is 12. The molecule has 7 heterocycles. The van der Waals surface area contributed by atoms with Gasteiger partial charge in [0.25, 0.3) is 35.4 Å². The van der Waals surface area contributed by atoms with Crippen molar-refractivity contribution in [1.82, 2.24) is 42.4 Å². The number of benzene rings is 2. The number of fused-ring (bicyclic) bond motifs is 3. The number of anilines is 8. The third kappa shape index (κ3) is 11.6. The number of nitrogens with zero attached hydrogens (tertiary/aromatic N) is 10. The minimum atomic E-state index is -0.689.